The van der Waals surface area contributed by atoms with Crippen molar-refractivity contribution in [2.45, 2.75) is 25.8 Å². The lowest BCUT2D eigenvalue weighted by Gasteiger charge is -2.16. The molecule has 0 saturated heterocycles. The Bertz CT molecular complexity index is 340. The molecule has 102 valence electrons. The zero-order chi connectivity index (χ0) is 13.2. The molecule has 1 atom stereocenters. The second-order valence-corrected chi connectivity index (χ2v) is 4.88. The Balaban J connectivity index is 2.32. The molecule has 4 N–H and O–H groups in total. The molecule has 1 heterocycles. The van der Waals surface area contributed by atoms with Crippen LogP contribution in [0.5, 0.6) is 0 Å². The lowest BCUT2D eigenvalue weighted by atomic mass is 10.1. The standard InChI is InChI=1S/C12H22N4OS/c1-10(8-11-4-7-18-9-11)15-12(16-13)14-5-3-6-17-2/h4,7,9-10H,3,5-6,8,13H2,1-2H3,(H2,14,15,16). The molecule has 5 nitrogen and oxygen atoms in total. The quantitative estimate of drug-likeness (QED) is 0.228. The van der Waals surface area contributed by atoms with Crippen molar-refractivity contribution in [1.29, 1.82) is 0 Å². The summed E-state index contributed by atoms with van der Waals surface area (Å²) in [6.07, 6.45) is 1.85. The number of hydrogen-bond donors (Lipinski definition) is 3. The van der Waals surface area contributed by atoms with E-state index in [1.807, 2.05) is 0 Å². The predicted molar refractivity (Wildman–Crippen MR) is 76.7 cm³/mol. The molecule has 1 aromatic rings. The first-order valence-electron chi connectivity index (χ1n) is 6.04. The average molecular weight is 270 g/mol. The highest BCUT2D eigenvalue weighted by Crippen LogP contribution is 2.08. The Kier molecular flexibility index (Phi) is 7.40. The van der Waals surface area contributed by atoms with Crippen molar-refractivity contribution in [3.8, 4) is 0 Å². The van der Waals surface area contributed by atoms with Crippen molar-refractivity contribution in [2.75, 3.05) is 20.3 Å². The smallest absolute Gasteiger partial charge is 0.205 e. The maximum Gasteiger partial charge on any atom is 0.205 e. The first-order chi connectivity index (χ1) is 8.76. The van der Waals surface area contributed by atoms with Crippen LogP contribution in [0.15, 0.2) is 21.8 Å². The zero-order valence-electron chi connectivity index (χ0n) is 11.0. The summed E-state index contributed by atoms with van der Waals surface area (Å²) < 4.78 is 4.97. The van der Waals surface area contributed by atoms with E-state index in [-0.39, 0.29) is 6.04 Å². The van der Waals surface area contributed by atoms with E-state index in [1.54, 1.807) is 18.4 Å². The monoisotopic (exact) mass is 270 g/mol. The van der Waals surface area contributed by atoms with E-state index in [1.165, 1.54) is 5.56 Å². The van der Waals surface area contributed by atoms with Crippen molar-refractivity contribution >= 4 is 17.3 Å². The first kappa shape index (κ1) is 14.9. The number of hydrogen-bond acceptors (Lipinski definition) is 4. The van der Waals surface area contributed by atoms with Gasteiger partial charge in [-0.15, -0.1) is 0 Å². The number of rotatable bonds is 7. The predicted octanol–water partition coefficient (Wildman–Crippen LogP) is 1.12. The summed E-state index contributed by atoms with van der Waals surface area (Å²) in [5.41, 5.74) is 3.92. The van der Waals surface area contributed by atoms with Gasteiger partial charge in [0.25, 0.3) is 0 Å². The summed E-state index contributed by atoms with van der Waals surface area (Å²) in [7, 11) is 1.69. The molecule has 0 aliphatic carbocycles. The second-order valence-electron chi connectivity index (χ2n) is 4.10. The summed E-state index contributed by atoms with van der Waals surface area (Å²) in [5.74, 6) is 6.07. The van der Waals surface area contributed by atoms with Crippen LogP contribution >= 0.6 is 11.3 Å². The SMILES string of the molecule is COCCCN=C(NN)NC(C)Cc1ccsc1. The van der Waals surface area contributed by atoms with Crippen molar-refractivity contribution in [1.82, 2.24) is 10.7 Å². The van der Waals surface area contributed by atoms with Crippen LogP contribution in [0, 0.1) is 0 Å². The average Bonchev–Trinajstić information content (AvgIpc) is 2.85. The summed E-state index contributed by atoms with van der Waals surface area (Å²) in [6.45, 7) is 3.52. The minimum Gasteiger partial charge on any atom is -0.385 e. The molecule has 1 rings (SSSR count). The van der Waals surface area contributed by atoms with E-state index in [0.29, 0.717) is 19.1 Å². The molecular weight excluding hydrogens is 248 g/mol. The van der Waals surface area contributed by atoms with Gasteiger partial charge in [0.1, 0.15) is 0 Å². The molecule has 0 aliphatic rings. The van der Waals surface area contributed by atoms with Gasteiger partial charge < -0.3 is 10.1 Å². The van der Waals surface area contributed by atoms with Crippen LogP contribution in [0.1, 0.15) is 18.9 Å². The summed E-state index contributed by atoms with van der Waals surface area (Å²) in [4.78, 5) is 4.34. The van der Waals surface area contributed by atoms with Gasteiger partial charge in [0.05, 0.1) is 0 Å². The highest BCUT2D eigenvalue weighted by Gasteiger charge is 2.05. The Labute approximate surface area is 112 Å². The minimum atomic E-state index is 0.289. The molecule has 0 fully saturated rings. The van der Waals surface area contributed by atoms with Gasteiger partial charge in [-0.2, -0.15) is 11.3 Å². The van der Waals surface area contributed by atoms with Gasteiger partial charge >= 0.3 is 0 Å². The Hall–Kier alpha value is -1.11. The van der Waals surface area contributed by atoms with Gasteiger partial charge in [-0.1, -0.05) is 0 Å². The highest BCUT2D eigenvalue weighted by molar-refractivity contribution is 7.07. The van der Waals surface area contributed by atoms with Crippen LogP contribution in [0.4, 0.5) is 0 Å². The molecule has 0 amide bonds. The molecule has 0 spiro atoms. The molecular formula is C12H22N4OS. The first-order valence-corrected chi connectivity index (χ1v) is 6.98. The molecule has 0 aliphatic heterocycles. The number of methoxy groups -OCH3 is 1. The highest BCUT2D eigenvalue weighted by atomic mass is 32.1. The van der Waals surface area contributed by atoms with Gasteiger partial charge in [0.2, 0.25) is 5.96 Å². The third-order valence-corrected chi connectivity index (χ3v) is 3.15. The van der Waals surface area contributed by atoms with Gasteiger partial charge in [-0.05, 0) is 42.2 Å². The fourth-order valence-corrected chi connectivity index (χ4v) is 2.26. The second kappa shape index (κ2) is 8.91. The van der Waals surface area contributed by atoms with Crippen molar-refractivity contribution in [3.63, 3.8) is 0 Å². The molecule has 0 radical (unpaired) electrons. The van der Waals surface area contributed by atoms with Crippen LogP contribution in [0.25, 0.3) is 0 Å². The van der Waals surface area contributed by atoms with Crippen LogP contribution in [0.2, 0.25) is 0 Å². The van der Waals surface area contributed by atoms with E-state index < -0.39 is 0 Å². The van der Waals surface area contributed by atoms with E-state index in [9.17, 15) is 0 Å². The van der Waals surface area contributed by atoms with Crippen LogP contribution in [0.3, 0.4) is 0 Å². The normalized spacial score (nSPS) is 13.4. The third-order valence-electron chi connectivity index (χ3n) is 2.42. The van der Waals surface area contributed by atoms with Crippen molar-refractivity contribution in [2.24, 2.45) is 10.8 Å². The molecule has 18 heavy (non-hydrogen) atoms. The zero-order valence-corrected chi connectivity index (χ0v) is 11.8. The van der Waals surface area contributed by atoms with Crippen LogP contribution in [-0.4, -0.2) is 32.3 Å². The fourth-order valence-electron chi connectivity index (χ4n) is 1.58. The lowest BCUT2D eigenvalue weighted by molar-refractivity contribution is 0.197. The van der Waals surface area contributed by atoms with Gasteiger partial charge in [0, 0.05) is 26.3 Å². The van der Waals surface area contributed by atoms with Crippen molar-refractivity contribution < 1.29 is 4.74 Å². The summed E-state index contributed by atoms with van der Waals surface area (Å²) in [6, 6.07) is 2.42. The van der Waals surface area contributed by atoms with E-state index in [2.05, 4.69) is 39.5 Å². The molecule has 1 unspecified atom stereocenters. The molecule has 6 heteroatoms. The number of nitrogens with two attached hydrogens (primary N) is 1. The molecule has 0 aromatic carbocycles. The maximum absolute atomic E-state index is 5.44. The van der Waals surface area contributed by atoms with Gasteiger partial charge in [0.15, 0.2) is 0 Å². The molecule has 1 aromatic heterocycles. The Morgan fingerprint density at radius 2 is 2.44 bits per heavy atom. The topological polar surface area (TPSA) is 71.7 Å². The molecule has 0 saturated carbocycles. The third kappa shape index (κ3) is 6.00. The summed E-state index contributed by atoms with van der Waals surface area (Å²) in [5, 5.41) is 7.50. The number of hydrazine groups is 1. The van der Waals surface area contributed by atoms with E-state index >= 15 is 0 Å². The number of ether oxygens (including phenoxy) is 1. The Morgan fingerprint density at radius 3 is 3.06 bits per heavy atom. The minimum absolute atomic E-state index is 0.289. The van der Waals surface area contributed by atoms with Crippen molar-refractivity contribution in [3.05, 3.63) is 22.4 Å². The maximum atomic E-state index is 5.44. The Morgan fingerprint density at radius 1 is 1.61 bits per heavy atom. The van der Waals surface area contributed by atoms with Crippen LogP contribution in [-0.2, 0) is 11.2 Å². The molecule has 0 bridgehead atoms. The number of thiophene rings is 1. The van der Waals surface area contributed by atoms with Gasteiger partial charge in [-0.3, -0.25) is 10.4 Å². The number of nitrogens with zero attached hydrogens (tertiary/aromatic N) is 1. The van der Waals surface area contributed by atoms with Gasteiger partial charge in [-0.25, -0.2) is 5.84 Å². The number of nitrogens with one attached hydrogen (secondary N) is 2. The number of aliphatic imine (C=N–C) groups is 1. The van der Waals surface area contributed by atoms with E-state index in [0.717, 1.165) is 12.8 Å². The fraction of sp³-hybridized carbons (Fsp3) is 0.583. The lowest BCUT2D eigenvalue weighted by Crippen LogP contribution is -2.46. The summed E-state index contributed by atoms with van der Waals surface area (Å²) >= 11 is 1.71. The van der Waals surface area contributed by atoms with E-state index in [4.69, 9.17) is 10.6 Å². The largest absolute Gasteiger partial charge is 0.385 e. The van der Waals surface area contributed by atoms with Crippen LogP contribution < -0.4 is 16.6 Å². The number of guanidine groups is 1.